The third-order valence-electron chi connectivity index (χ3n) is 4.44. The third-order valence-corrected chi connectivity index (χ3v) is 4.44. The number of benzene rings is 3. The van der Waals surface area contributed by atoms with Crippen molar-refractivity contribution in [3.63, 3.8) is 0 Å². The number of hydrogen-bond acceptors (Lipinski definition) is 5. The lowest BCUT2D eigenvalue weighted by atomic mass is 10.1. The first-order valence-electron chi connectivity index (χ1n) is 9.15. The number of aromatic hydroxyl groups is 1. The zero-order valence-electron chi connectivity index (χ0n) is 15.7. The van der Waals surface area contributed by atoms with Crippen LogP contribution in [0.5, 0.6) is 11.5 Å². The van der Waals surface area contributed by atoms with E-state index in [1.54, 1.807) is 24.4 Å². The zero-order chi connectivity index (χ0) is 20.1. The molecule has 0 aliphatic carbocycles. The molecule has 0 saturated carbocycles. The first kappa shape index (κ1) is 18.4. The van der Waals surface area contributed by atoms with Gasteiger partial charge in [-0.05, 0) is 35.4 Å². The lowest BCUT2D eigenvalue weighted by Crippen LogP contribution is -1.95. The molecule has 0 fully saturated rings. The van der Waals surface area contributed by atoms with Crippen molar-refractivity contribution in [3.05, 3.63) is 96.7 Å². The number of fused-ring (bicyclic) bond motifs is 1. The average molecular weight is 381 g/mol. The topological polar surface area (TPSA) is 67.1 Å². The van der Waals surface area contributed by atoms with Gasteiger partial charge in [0.25, 0.3) is 0 Å². The number of hydrogen-bond donors (Lipinski definition) is 1. The number of ether oxygens (including phenoxy) is 1. The number of phenols is 1. The second-order valence-electron chi connectivity index (χ2n) is 6.44. The molecule has 0 atom stereocenters. The number of nitrogens with zero attached hydrogens (tertiary/aromatic N) is 3. The molecular weight excluding hydrogens is 362 g/mol. The smallest absolute Gasteiger partial charge is 0.146 e. The maximum atomic E-state index is 10.3. The van der Waals surface area contributed by atoms with Crippen LogP contribution in [0.3, 0.4) is 0 Å². The molecule has 0 aliphatic heterocycles. The molecule has 142 valence electrons. The highest BCUT2D eigenvalue weighted by atomic mass is 16.5. The molecule has 1 heterocycles. The standard InChI is InChI=1S/C24H19N3O2/c1-2-17-8-10-18(11-9-17)16-29-20-12-13-21(23(28)15-20)26-27-22-7-3-5-19-6-4-14-25-24(19)22/h2-15,28H,1,16H2. The van der Waals surface area contributed by atoms with Crippen molar-refractivity contribution in [2.75, 3.05) is 0 Å². The van der Waals surface area contributed by atoms with Gasteiger partial charge in [-0.15, -0.1) is 10.2 Å². The highest BCUT2D eigenvalue weighted by molar-refractivity contribution is 5.88. The Morgan fingerprint density at radius 2 is 1.72 bits per heavy atom. The Morgan fingerprint density at radius 3 is 2.52 bits per heavy atom. The van der Waals surface area contributed by atoms with E-state index in [0.717, 1.165) is 22.0 Å². The summed E-state index contributed by atoms with van der Waals surface area (Å²) < 4.78 is 5.75. The number of rotatable bonds is 6. The second kappa shape index (κ2) is 8.35. The molecule has 29 heavy (non-hydrogen) atoms. The fourth-order valence-corrected chi connectivity index (χ4v) is 2.87. The molecule has 0 amide bonds. The molecule has 0 radical (unpaired) electrons. The van der Waals surface area contributed by atoms with Crippen molar-refractivity contribution in [1.29, 1.82) is 0 Å². The van der Waals surface area contributed by atoms with Crippen molar-refractivity contribution in [3.8, 4) is 11.5 Å². The summed E-state index contributed by atoms with van der Waals surface area (Å²) in [7, 11) is 0. The fourth-order valence-electron chi connectivity index (χ4n) is 2.87. The van der Waals surface area contributed by atoms with Crippen LogP contribution in [-0.2, 0) is 6.61 Å². The third kappa shape index (κ3) is 4.30. The van der Waals surface area contributed by atoms with Crippen LogP contribution >= 0.6 is 0 Å². The molecule has 4 rings (SSSR count). The molecule has 1 aromatic heterocycles. The lowest BCUT2D eigenvalue weighted by Gasteiger charge is -2.08. The second-order valence-corrected chi connectivity index (χ2v) is 6.44. The number of phenolic OH excluding ortho intramolecular Hbond substituents is 1. The summed E-state index contributed by atoms with van der Waals surface area (Å²) in [5, 5.41) is 19.7. The van der Waals surface area contributed by atoms with Gasteiger partial charge in [-0.25, -0.2) is 0 Å². The maximum Gasteiger partial charge on any atom is 0.146 e. The lowest BCUT2D eigenvalue weighted by molar-refractivity contribution is 0.304. The number of aromatic nitrogens is 1. The molecule has 0 spiro atoms. The molecular formula is C24H19N3O2. The summed E-state index contributed by atoms with van der Waals surface area (Å²) in [6, 6.07) is 22.4. The molecule has 3 aromatic carbocycles. The van der Waals surface area contributed by atoms with Gasteiger partial charge in [0.15, 0.2) is 0 Å². The Morgan fingerprint density at radius 1 is 0.931 bits per heavy atom. The van der Waals surface area contributed by atoms with Crippen LogP contribution in [0.2, 0.25) is 0 Å². The maximum absolute atomic E-state index is 10.3. The van der Waals surface area contributed by atoms with Crippen LogP contribution in [-0.4, -0.2) is 10.1 Å². The molecule has 5 nitrogen and oxygen atoms in total. The SMILES string of the molecule is C=Cc1ccc(COc2ccc(N=Nc3cccc4cccnc34)c(O)c2)cc1. The van der Waals surface area contributed by atoms with Gasteiger partial charge in [0.05, 0.1) is 5.52 Å². The van der Waals surface area contributed by atoms with Crippen LogP contribution in [0.1, 0.15) is 11.1 Å². The van der Waals surface area contributed by atoms with Crippen molar-refractivity contribution >= 4 is 28.4 Å². The highest BCUT2D eigenvalue weighted by Crippen LogP contribution is 2.33. The van der Waals surface area contributed by atoms with Crippen LogP contribution in [0.4, 0.5) is 11.4 Å². The van der Waals surface area contributed by atoms with E-state index in [1.807, 2.05) is 54.6 Å². The number of para-hydroxylation sites is 1. The minimum atomic E-state index is 0.00134. The largest absolute Gasteiger partial charge is 0.505 e. The van der Waals surface area contributed by atoms with Gasteiger partial charge in [-0.2, -0.15) is 0 Å². The van der Waals surface area contributed by atoms with Crippen LogP contribution < -0.4 is 4.74 Å². The summed E-state index contributed by atoms with van der Waals surface area (Å²) in [4.78, 5) is 4.35. The Balaban J connectivity index is 1.48. The Bertz CT molecular complexity index is 1180. The van der Waals surface area contributed by atoms with Gasteiger partial charge in [-0.3, -0.25) is 4.98 Å². The quantitative estimate of drug-likeness (QED) is 0.384. The van der Waals surface area contributed by atoms with Gasteiger partial charge in [-0.1, -0.05) is 55.1 Å². The highest BCUT2D eigenvalue weighted by Gasteiger charge is 2.05. The van der Waals surface area contributed by atoms with Gasteiger partial charge in [0.2, 0.25) is 0 Å². The van der Waals surface area contributed by atoms with Crippen LogP contribution in [0.15, 0.2) is 95.8 Å². The first-order chi connectivity index (χ1) is 14.2. The van der Waals surface area contributed by atoms with E-state index in [4.69, 9.17) is 4.74 Å². The fraction of sp³-hybridized carbons (Fsp3) is 0.0417. The molecule has 1 N–H and O–H groups in total. The van der Waals surface area contributed by atoms with Gasteiger partial charge in [0.1, 0.15) is 29.5 Å². The monoisotopic (exact) mass is 381 g/mol. The van der Waals surface area contributed by atoms with E-state index >= 15 is 0 Å². The number of azo groups is 1. The Hall–Kier alpha value is -3.99. The van der Waals surface area contributed by atoms with Gasteiger partial charge in [0, 0.05) is 17.6 Å². The van der Waals surface area contributed by atoms with E-state index in [0.29, 0.717) is 23.7 Å². The first-order valence-corrected chi connectivity index (χ1v) is 9.15. The molecule has 0 saturated heterocycles. The van der Waals surface area contributed by atoms with Gasteiger partial charge >= 0.3 is 0 Å². The summed E-state index contributed by atoms with van der Waals surface area (Å²) in [6.45, 7) is 4.14. The van der Waals surface area contributed by atoms with E-state index in [9.17, 15) is 5.11 Å². The predicted molar refractivity (Wildman–Crippen MR) is 115 cm³/mol. The van der Waals surface area contributed by atoms with E-state index in [1.165, 1.54) is 6.07 Å². The molecule has 5 heteroatoms. The van der Waals surface area contributed by atoms with Crippen molar-refractivity contribution in [2.45, 2.75) is 6.61 Å². The van der Waals surface area contributed by atoms with Gasteiger partial charge < -0.3 is 9.84 Å². The van der Waals surface area contributed by atoms with Crippen molar-refractivity contribution in [2.24, 2.45) is 10.2 Å². The normalized spacial score (nSPS) is 11.0. The Kier molecular flexibility index (Phi) is 5.29. The van der Waals surface area contributed by atoms with E-state index in [-0.39, 0.29) is 5.75 Å². The molecule has 4 aromatic rings. The van der Waals surface area contributed by atoms with Crippen molar-refractivity contribution in [1.82, 2.24) is 4.98 Å². The number of pyridine rings is 1. The van der Waals surface area contributed by atoms with Crippen molar-refractivity contribution < 1.29 is 9.84 Å². The Labute approximate surface area is 168 Å². The molecule has 0 bridgehead atoms. The molecule has 0 aliphatic rings. The predicted octanol–water partition coefficient (Wildman–Crippen LogP) is 6.58. The van der Waals surface area contributed by atoms with Crippen LogP contribution in [0, 0.1) is 0 Å². The summed E-state index contributed by atoms with van der Waals surface area (Å²) in [5.74, 6) is 0.558. The minimum Gasteiger partial charge on any atom is -0.505 e. The minimum absolute atomic E-state index is 0.00134. The summed E-state index contributed by atoms with van der Waals surface area (Å²) in [6.07, 6.45) is 3.51. The van der Waals surface area contributed by atoms with E-state index in [2.05, 4.69) is 21.8 Å². The van der Waals surface area contributed by atoms with E-state index < -0.39 is 0 Å². The summed E-state index contributed by atoms with van der Waals surface area (Å²) >= 11 is 0. The van der Waals surface area contributed by atoms with Crippen LogP contribution in [0.25, 0.3) is 17.0 Å². The average Bonchev–Trinajstić information content (AvgIpc) is 2.77. The zero-order valence-corrected chi connectivity index (χ0v) is 15.7. The summed E-state index contributed by atoms with van der Waals surface area (Å²) in [5.41, 5.74) is 3.86. The molecule has 0 unspecified atom stereocenters.